The molecule has 1 nitrogen and oxygen atoms in total. The molecule has 0 N–H and O–H groups in total. The number of halogens is 1. The minimum atomic E-state index is -1.92. The maximum Gasteiger partial charge on any atom is 0.118 e. The van der Waals surface area contributed by atoms with Crippen molar-refractivity contribution in [2.24, 2.45) is 0 Å². The van der Waals surface area contributed by atoms with Crippen molar-refractivity contribution in [3.8, 4) is 0 Å². The van der Waals surface area contributed by atoms with Gasteiger partial charge >= 0.3 is 0 Å². The zero-order valence-electron chi connectivity index (χ0n) is 17.1. The first kappa shape index (κ1) is 21.2. The van der Waals surface area contributed by atoms with E-state index in [-0.39, 0.29) is 12.4 Å². The number of nitrogens with zero attached hydrogens (tertiary/aromatic N) is 1. The molecule has 5 rings (SSSR count). The molecule has 0 fully saturated rings. The van der Waals surface area contributed by atoms with Crippen molar-refractivity contribution in [1.82, 2.24) is 4.98 Å². The van der Waals surface area contributed by atoms with Gasteiger partial charge in [-0.3, -0.25) is 0 Å². The molecule has 3 heteroatoms. The molecule has 0 saturated carbocycles. The molecule has 0 spiro atoms. The third kappa shape index (κ3) is 4.12. The molecule has 5 aromatic rings. The van der Waals surface area contributed by atoms with E-state index in [4.69, 9.17) is 4.98 Å². The fourth-order valence-corrected chi connectivity index (χ4v) is 8.36. The summed E-state index contributed by atoms with van der Waals surface area (Å²) in [5.74, 6) is 0. The summed E-state index contributed by atoms with van der Waals surface area (Å²) in [6.07, 6.45) is 0.899. The van der Waals surface area contributed by atoms with E-state index in [1.807, 2.05) is 0 Å². The van der Waals surface area contributed by atoms with Crippen molar-refractivity contribution in [3.63, 3.8) is 0 Å². The molecule has 0 amide bonds. The van der Waals surface area contributed by atoms with Gasteiger partial charge in [-0.15, -0.1) is 0 Å². The Morgan fingerprint density at radius 3 is 1.45 bits per heavy atom. The molecule has 0 aliphatic heterocycles. The van der Waals surface area contributed by atoms with Crippen molar-refractivity contribution in [1.29, 1.82) is 0 Å². The van der Waals surface area contributed by atoms with Gasteiger partial charge in [0.25, 0.3) is 0 Å². The summed E-state index contributed by atoms with van der Waals surface area (Å²) in [6, 6.07) is 45.7. The van der Waals surface area contributed by atoms with Gasteiger partial charge in [0.05, 0.1) is 11.2 Å². The highest BCUT2D eigenvalue weighted by Crippen LogP contribution is 2.57. The zero-order valence-corrected chi connectivity index (χ0v) is 18.8. The Morgan fingerprint density at radius 1 is 0.484 bits per heavy atom. The average molecular weight is 440 g/mol. The van der Waals surface area contributed by atoms with Gasteiger partial charge in [-0.1, -0.05) is 78.9 Å². The van der Waals surface area contributed by atoms with Crippen LogP contribution >= 0.6 is 7.26 Å². The molecule has 0 radical (unpaired) electrons. The summed E-state index contributed by atoms with van der Waals surface area (Å²) in [5, 5.41) is 5.34. The van der Waals surface area contributed by atoms with Gasteiger partial charge in [0.1, 0.15) is 29.3 Å². The van der Waals surface area contributed by atoms with Gasteiger partial charge < -0.3 is 12.4 Å². The smallest absolute Gasteiger partial charge is 0.118 e. The lowest BCUT2D eigenvalue weighted by atomic mass is 10.2. The van der Waals surface area contributed by atoms with Crippen molar-refractivity contribution in [2.75, 3.05) is 0 Å². The van der Waals surface area contributed by atoms with Crippen LogP contribution in [0.25, 0.3) is 10.9 Å². The molecule has 31 heavy (non-hydrogen) atoms. The first-order valence-corrected chi connectivity index (χ1v) is 12.2. The van der Waals surface area contributed by atoms with Crippen LogP contribution in [0.5, 0.6) is 0 Å². The van der Waals surface area contributed by atoms with Crippen LogP contribution in [0.3, 0.4) is 0 Å². The molecule has 152 valence electrons. The summed E-state index contributed by atoms with van der Waals surface area (Å²) >= 11 is 0. The summed E-state index contributed by atoms with van der Waals surface area (Å²) in [4.78, 5) is 5.06. The Bertz CT molecular complexity index is 1160. The van der Waals surface area contributed by atoms with Gasteiger partial charge in [0.2, 0.25) is 0 Å². The monoisotopic (exact) mass is 439 g/mol. The fourth-order valence-electron chi connectivity index (χ4n) is 4.21. The number of pyridine rings is 1. The van der Waals surface area contributed by atoms with Crippen LogP contribution in [-0.4, -0.2) is 4.98 Å². The Labute approximate surface area is 190 Å². The molecule has 0 aliphatic rings. The molecule has 1 aromatic heterocycles. The van der Waals surface area contributed by atoms with Crippen LogP contribution < -0.4 is 28.3 Å². The lowest BCUT2D eigenvalue weighted by Gasteiger charge is -2.27. The van der Waals surface area contributed by atoms with Crippen molar-refractivity contribution in [3.05, 3.63) is 133 Å². The molecule has 4 aromatic carbocycles. The van der Waals surface area contributed by atoms with Crippen molar-refractivity contribution in [2.45, 2.75) is 6.16 Å². The minimum Gasteiger partial charge on any atom is -1.00 e. The highest BCUT2D eigenvalue weighted by molar-refractivity contribution is 7.95. The number of rotatable bonds is 5. The van der Waals surface area contributed by atoms with E-state index in [1.54, 1.807) is 0 Å². The van der Waals surface area contributed by atoms with Gasteiger partial charge in [-0.25, -0.2) is 4.98 Å². The molecular weight excluding hydrogens is 417 g/mol. The predicted molar refractivity (Wildman–Crippen MR) is 131 cm³/mol. The average Bonchev–Trinajstić information content (AvgIpc) is 2.84. The van der Waals surface area contributed by atoms with E-state index in [2.05, 4.69) is 127 Å². The van der Waals surface area contributed by atoms with Gasteiger partial charge in [-0.05, 0) is 48.5 Å². The fraction of sp³-hybridized carbons (Fsp3) is 0.0357. The number of benzene rings is 4. The lowest BCUT2D eigenvalue weighted by Crippen LogP contribution is -3.00. The number of para-hydroxylation sites is 1. The standard InChI is InChI=1S/C28H23NP.ClH/c1-4-13-25(14-5-1)30(26-15-6-2-7-16-26,27-17-8-3-9-18-27)22-24-21-20-23-12-10-11-19-28(23)29-24;/h1-21H,22H2;1H/q+1;/p-1. The van der Waals surface area contributed by atoms with E-state index in [0.717, 1.165) is 17.4 Å². The van der Waals surface area contributed by atoms with E-state index in [9.17, 15) is 0 Å². The van der Waals surface area contributed by atoms with Crippen molar-refractivity contribution < 1.29 is 12.4 Å². The highest BCUT2D eigenvalue weighted by Gasteiger charge is 2.45. The van der Waals surface area contributed by atoms with Crippen LogP contribution in [-0.2, 0) is 6.16 Å². The van der Waals surface area contributed by atoms with Crippen LogP contribution in [0.15, 0.2) is 127 Å². The lowest BCUT2D eigenvalue weighted by molar-refractivity contribution is -0.00000585. The third-order valence-corrected chi connectivity index (χ3v) is 9.98. The highest BCUT2D eigenvalue weighted by atomic mass is 35.5. The van der Waals surface area contributed by atoms with Crippen LogP contribution in [0.4, 0.5) is 0 Å². The Hall–Kier alpha value is -2.99. The predicted octanol–water partition coefficient (Wildman–Crippen LogP) is 2.73. The van der Waals surface area contributed by atoms with Crippen LogP contribution in [0.2, 0.25) is 0 Å². The van der Waals surface area contributed by atoms with Gasteiger partial charge in [0.15, 0.2) is 0 Å². The zero-order chi connectivity index (χ0) is 20.2. The number of fused-ring (bicyclic) bond motifs is 1. The van der Waals surface area contributed by atoms with Gasteiger partial charge in [0, 0.05) is 5.39 Å². The van der Waals surface area contributed by atoms with Gasteiger partial charge in [-0.2, -0.15) is 0 Å². The molecule has 0 bridgehead atoms. The summed E-state index contributed by atoms with van der Waals surface area (Å²) in [7, 11) is -1.92. The second-order valence-corrected chi connectivity index (χ2v) is 11.0. The maximum atomic E-state index is 5.06. The second kappa shape index (κ2) is 9.43. The van der Waals surface area contributed by atoms with Crippen molar-refractivity contribution >= 4 is 34.1 Å². The number of hydrogen-bond donors (Lipinski definition) is 0. The first-order valence-electron chi connectivity index (χ1n) is 10.3. The van der Waals surface area contributed by atoms with E-state index >= 15 is 0 Å². The van der Waals surface area contributed by atoms with Crippen LogP contribution in [0.1, 0.15) is 5.69 Å². The summed E-state index contributed by atoms with van der Waals surface area (Å²) < 4.78 is 0. The molecular formula is C28H23ClNP. The number of hydrogen-bond acceptors (Lipinski definition) is 1. The second-order valence-electron chi connectivity index (χ2n) is 7.47. The Kier molecular flexibility index (Phi) is 6.47. The largest absolute Gasteiger partial charge is 1.00 e. The Morgan fingerprint density at radius 2 is 0.935 bits per heavy atom. The van der Waals surface area contributed by atoms with E-state index in [1.165, 1.54) is 21.3 Å². The van der Waals surface area contributed by atoms with Crippen LogP contribution in [0, 0.1) is 0 Å². The first-order chi connectivity index (χ1) is 14.9. The van der Waals surface area contributed by atoms with E-state index < -0.39 is 7.26 Å². The normalized spacial score (nSPS) is 11.1. The minimum absolute atomic E-state index is 0. The SMILES string of the molecule is [Cl-].c1ccc([P+](Cc2ccc3ccccc3n2)(c2ccccc2)c2ccccc2)cc1. The molecule has 0 unspecified atom stereocenters. The maximum absolute atomic E-state index is 5.06. The summed E-state index contributed by atoms with van der Waals surface area (Å²) in [5.41, 5.74) is 2.20. The Balaban J connectivity index is 0.00000231. The summed E-state index contributed by atoms with van der Waals surface area (Å²) in [6.45, 7) is 0. The molecule has 0 atom stereocenters. The number of aromatic nitrogens is 1. The third-order valence-electron chi connectivity index (χ3n) is 5.65. The van der Waals surface area contributed by atoms with E-state index in [0.29, 0.717) is 0 Å². The molecule has 1 heterocycles. The molecule has 0 aliphatic carbocycles. The quantitative estimate of drug-likeness (QED) is 0.384. The topological polar surface area (TPSA) is 12.9 Å². The molecule has 0 saturated heterocycles.